The fraction of sp³-hybridized carbons (Fsp3) is 0.123. The Morgan fingerprint density at radius 3 is 1.65 bits per heavy atom. The van der Waals surface area contributed by atoms with Gasteiger partial charge in [0.25, 0.3) is 0 Å². The number of allylic oxidation sites excluding steroid dienone is 1. The molecule has 2 heterocycles. The summed E-state index contributed by atoms with van der Waals surface area (Å²) in [5.74, 6) is 0.211. The Morgan fingerprint density at radius 2 is 0.974 bits per heavy atom. The molecule has 0 radical (unpaired) electrons. The van der Waals surface area contributed by atoms with E-state index in [1.165, 1.54) is 55.1 Å². The Morgan fingerprint density at radius 1 is 0.416 bits per heavy atom. The molecular weight excluding hydrogens is 937 g/mol. The maximum absolute atomic E-state index is 7.28. The minimum absolute atomic E-state index is 0.211. The first-order chi connectivity index (χ1) is 37.5. The maximum Gasteiger partial charge on any atom is 0.159 e. The van der Waals surface area contributed by atoms with Crippen molar-refractivity contribution in [2.24, 2.45) is 0 Å². The lowest BCUT2D eigenvalue weighted by atomic mass is 9.87. The van der Waals surface area contributed by atoms with Gasteiger partial charge in [0.05, 0.1) is 22.8 Å². The third kappa shape index (κ3) is 7.98. The summed E-state index contributed by atoms with van der Waals surface area (Å²) < 4.78 is 14.5. The van der Waals surface area contributed by atoms with Gasteiger partial charge in [-0.3, -0.25) is 0 Å². The molecule has 0 unspecified atom stereocenters. The maximum atomic E-state index is 7.28. The zero-order chi connectivity index (χ0) is 52.6. The second kappa shape index (κ2) is 18.9. The average molecular weight is 997 g/mol. The first-order valence-corrected chi connectivity index (χ1v) is 26.9. The van der Waals surface area contributed by atoms with Gasteiger partial charge in [-0.15, -0.1) is 0 Å². The van der Waals surface area contributed by atoms with Crippen molar-refractivity contribution in [3.8, 4) is 22.3 Å². The quantitative estimate of drug-likeness (QED) is 0.137. The number of nitrogens with zero attached hydrogens (tertiary/aromatic N) is 2. The van der Waals surface area contributed by atoms with Crippen LogP contribution in [0.5, 0.6) is 0 Å². The highest BCUT2D eigenvalue weighted by Crippen LogP contribution is 2.49. The molecule has 2 aromatic heterocycles. The summed E-state index contributed by atoms with van der Waals surface area (Å²) in [6, 6.07) is 75.1. The van der Waals surface area contributed by atoms with Crippen LogP contribution in [0.25, 0.3) is 93.4 Å². The molecule has 0 aliphatic rings. The molecule has 0 saturated carbocycles. The summed E-state index contributed by atoms with van der Waals surface area (Å²) in [5, 5.41) is 10.3. The van der Waals surface area contributed by atoms with E-state index in [4.69, 9.17) is 8.83 Å². The highest BCUT2D eigenvalue weighted by molar-refractivity contribution is 6.21. The van der Waals surface area contributed by atoms with Gasteiger partial charge >= 0.3 is 0 Å². The lowest BCUT2D eigenvalue weighted by molar-refractivity contribution is 0.670. The lowest BCUT2D eigenvalue weighted by Crippen LogP contribution is -2.23. The number of rotatable bonds is 10. The number of hydrogen-bond donors (Lipinski definition) is 0. The van der Waals surface area contributed by atoms with Crippen LogP contribution in [0.1, 0.15) is 61.4 Å². The van der Waals surface area contributed by atoms with Crippen molar-refractivity contribution in [3.63, 3.8) is 0 Å². The van der Waals surface area contributed by atoms with Gasteiger partial charge in [0.1, 0.15) is 11.2 Å². The van der Waals surface area contributed by atoms with Gasteiger partial charge in [0.15, 0.2) is 11.2 Å². The molecule has 11 aromatic carbocycles. The Labute approximate surface area is 450 Å². The standard InChI is InChI=1S/C73H60N2O2/c1-44(2)40-66(74(51-25-14-20-46(5)41-51)64-34-19-33-60-58-31-17-29-56(71(58)77-73(60)64)53-27-13-12-22-48(53)7)61-39-38-55-63(45(3)4)43-67(62-37-36-49(8)68(61)69(55)62)75(52-26-15-21-47(6)42-52)65-35-18-32-59-57-30-16-28-54(70(57)76-72(59)65)50-23-10-9-11-24-50/h9-43,45H,1-8H3/b66-61+. The first-order valence-electron chi connectivity index (χ1n) is 26.9. The fourth-order valence-corrected chi connectivity index (χ4v) is 12.1. The summed E-state index contributed by atoms with van der Waals surface area (Å²) in [7, 11) is 0. The SMILES string of the molecule is CC(C)=C/C(=c1/ccc2c(C(C)C)cc(N(c3cccc(C)c3)c3cccc4c3oc3c(-c5ccccc5)cccc34)c3ccc(C)c1c23)N(c1cccc(C)c1)c1cccc2c1oc1c(-c3ccccc3C)cccc12. The van der Waals surface area contributed by atoms with Crippen LogP contribution >= 0.6 is 0 Å². The number of fused-ring (bicyclic) bond motifs is 6. The normalized spacial score (nSPS) is 12.2. The summed E-state index contributed by atoms with van der Waals surface area (Å²) in [5.41, 5.74) is 21.4. The average Bonchev–Trinajstić information content (AvgIpc) is 4.22. The molecule has 0 fully saturated rings. The van der Waals surface area contributed by atoms with Gasteiger partial charge in [0, 0.05) is 54.7 Å². The van der Waals surface area contributed by atoms with Crippen molar-refractivity contribution in [3.05, 3.63) is 251 Å². The van der Waals surface area contributed by atoms with E-state index in [0.29, 0.717) is 0 Å². The Kier molecular flexibility index (Phi) is 11.7. The van der Waals surface area contributed by atoms with E-state index in [1.54, 1.807) is 0 Å². The second-order valence-electron chi connectivity index (χ2n) is 21.5. The van der Waals surface area contributed by atoms with Crippen LogP contribution in [0, 0.1) is 27.7 Å². The predicted octanol–water partition coefficient (Wildman–Crippen LogP) is 20.6. The first kappa shape index (κ1) is 47.6. The van der Waals surface area contributed by atoms with Gasteiger partial charge in [-0.25, -0.2) is 0 Å². The Bertz CT molecular complexity index is 4560. The molecule has 0 aliphatic heterocycles. The van der Waals surface area contributed by atoms with Crippen molar-refractivity contribution in [2.45, 2.75) is 61.3 Å². The minimum Gasteiger partial charge on any atom is -0.453 e. The number of benzene rings is 11. The van der Waals surface area contributed by atoms with Crippen molar-refractivity contribution in [1.82, 2.24) is 0 Å². The molecule has 13 aromatic rings. The Balaban J connectivity index is 1.13. The summed E-state index contributed by atoms with van der Waals surface area (Å²) in [6.07, 6.45) is 2.36. The molecule has 0 saturated heterocycles. The molecule has 0 spiro atoms. The van der Waals surface area contributed by atoms with Crippen LogP contribution in [0.4, 0.5) is 28.4 Å². The molecule has 0 amide bonds. The number of anilines is 5. The molecule has 13 rings (SSSR count). The molecule has 77 heavy (non-hydrogen) atoms. The zero-order valence-electron chi connectivity index (χ0n) is 45.0. The molecule has 4 nitrogen and oxygen atoms in total. The van der Waals surface area contributed by atoms with Gasteiger partial charge in [-0.05, 0) is 151 Å². The molecule has 374 valence electrons. The van der Waals surface area contributed by atoms with Crippen LogP contribution in [0.15, 0.2) is 227 Å². The van der Waals surface area contributed by atoms with Gasteiger partial charge < -0.3 is 18.6 Å². The molecule has 0 bridgehead atoms. The third-order valence-corrected chi connectivity index (χ3v) is 15.6. The Hall–Kier alpha value is -9.12. The third-order valence-electron chi connectivity index (χ3n) is 15.6. The molecule has 0 aliphatic carbocycles. The van der Waals surface area contributed by atoms with E-state index in [1.807, 2.05) is 0 Å². The van der Waals surface area contributed by atoms with Gasteiger partial charge in [-0.2, -0.15) is 0 Å². The molecular formula is C73H60N2O2. The largest absolute Gasteiger partial charge is 0.453 e. The van der Waals surface area contributed by atoms with Crippen LogP contribution in [0.3, 0.4) is 0 Å². The van der Waals surface area contributed by atoms with Crippen molar-refractivity contribution in [2.75, 3.05) is 9.80 Å². The van der Waals surface area contributed by atoms with Crippen LogP contribution in [-0.4, -0.2) is 0 Å². The van der Waals surface area contributed by atoms with E-state index in [2.05, 4.69) is 278 Å². The van der Waals surface area contributed by atoms with E-state index in [9.17, 15) is 0 Å². The van der Waals surface area contributed by atoms with Crippen molar-refractivity contribution < 1.29 is 8.83 Å². The summed E-state index contributed by atoms with van der Waals surface area (Å²) in [6.45, 7) is 17.9. The van der Waals surface area contributed by atoms with Gasteiger partial charge in [0.2, 0.25) is 0 Å². The van der Waals surface area contributed by atoms with Gasteiger partial charge in [-0.1, -0.05) is 183 Å². The highest BCUT2D eigenvalue weighted by atomic mass is 16.3. The summed E-state index contributed by atoms with van der Waals surface area (Å²) >= 11 is 0. The van der Waals surface area contributed by atoms with E-state index < -0.39 is 0 Å². The number of para-hydroxylation sites is 4. The molecule has 0 atom stereocenters. The zero-order valence-corrected chi connectivity index (χ0v) is 45.0. The van der Waals surface area contributed by atoms with Crippen molar-refractivity contribution >= 4 is 99.6 Å². The number of furan rings is 2. The fourth-order valence-electron chi connectivity index (χ4n) is 12.1. The van der Waals surface area contributed by atoms with E-state index in [-0.39, 0.29) is 5.92 Å². The van der Waals surface area contributed by atoms with Crippen molar-refractivity contribution in [1.29, 1.82) is 0 Å². The highest BCUT2D eigenvalue weighted by Gasteiger charge is 2.27. The topological polar surface area (TPSA) is 32.8 Å². The predicted molar refractivity (Wildman–Crippen MR) is 328 cm³/mol. The monoisotopic (exact) mass is 996 g/mol. The van der Waals surface area contributed by atoms with Crippen LogP contribution in [0.2, 0.25) is 0 Å². The van der Waals surface area contributed by atoms with Crippen LogP contribution < -0.4 is 15.0 Å². The lowest BCUT2D eigenvalue weighted by Gasteiger charge is -2.30. The van der Waals surface area contributed by atoms with E-state index >= 15 is 0 Å². The number of aryl methyl sites for hydroxylation is 4. The minimum atomic E-state index is 0.211. The van der Waals surface area contributed by atoms with E-state index in [0.717, 1.165) is 105 Å². The number of hydrogen-bond acceptors (Lipinski definition) is 4. The second-order valence-corrected chi connectivity index (χ2v) is 21.5. The molecule has 0 N–H and O–H groups in total. The van der Waals surface area contributed by atoms with Crippen LogP contribution in [-0.2, 0) is 0 Å². The summed E-state index contributed by atoms with van der Waals surface area (Å²) in [4.78, 5) is 4.90. The smallest absolute Gasteiger partial charge is 0.159 e. The molecule has 4 heteroatoms.